The van der Waals surface area contributed by atoms with Gasteiger partial charge in [-0.25, -0.2) is 14.4 Å². The summed E-state index contributed by atoms with van der Waals surface area (Å²) in [7, 11) is 0. The van der Waals surface area contributed by atoms with Crippen LogP contribution in [-0.4, -0.2) is 39.6 Å². The Hall–Kier alpha value is -2.67. The fourth-order valence-corrected chi connectivity index (χ4v) is 3.36. The van der Waals surface area contributed by atoms with Crippen molar-refractivity contribution in [2.75, 3.05) is 18.4 Å². The number of ether oxygens (including phenoxy) is 1. The van der Waals surface area contributed by atoms with Crippen LogP contribution >= 0.6 is 0 Å². The third-order valence-corrected chi connectivity index (χ3v) is 4.59. The molecule has 0 bridgehead atoms. The molecule has 1 aliphatic rings. The minimum absolute atomic E-state index is 0.102. The first-order chi connectivity index (χ1) is 13.1. The van der Waals surface area contributed by atoms with E-state index in [1.807, 2.05) is 32.0 Å². The first-order valence-corrected chi connectivity index (χ1v) is 9.38. The van der Waals surface area contributed by atoms with E-state index >= 15 is 0 Å². The van der Waals surface area contributed by atoms with Crippen LogP contribution < -0.4 is 15.4 Å². The number of nitrogens with one attached hydrogen (secondary N) is 2. The number of pyridine rings is 2. The van der Waals surface area contributed by atoms with E-state index < -0.39 is 5.82 Å². The molecule has 27 heavy (non-hydrogen) atoms. The first kappa shape index (κ1) is 17.7. The Labute approximate surface area is 157 Å². The number of aromatic nitrogens is 3. The van der Waals surface area contributed by atoms with Crippen molar-refractivity contribution in [1.82, 2.24) is 19.7 Å². The maximum absolute atomic E-state index is 14.4. The minimum atomic E-state index is -0.419. The van der Waals surface area contributed by atoms with Gasteiger partial charge in [0.2, 0.25) is 0 Å². The van der Waals surface area contributed by atoms with Crippen molar-refractivity contribution >= 4 is 11.5 Å². The summed E-state index contributed by atoms with van der Waals surface area (Å²) in [6, 6.07) is 7.80. The van der Waals surface area contributed by atoms with Crippen molar-refractivity contribution < 1.29 is 9.13 Å². The second kappa shape index (κ2) is 7.52. The second-order valence-corrected chi connectivity index (χ2v) is 7.12. The summed E-state index contributed by atoms with van der Waals surface area (Å²) in [5.41, 5.74) is 2.11. The Bertz CT molecular complexity index is 933. The SMILES string of the molecule is CC(C)Oc1cc2ncc(-c3cccc(NC4CCCNC4)n3)n2cc1F. The normalized spacial score (nSPS) is 17.4. The average Bonchev–Trinajstić information content (AvgIpc) is 3.05. The van der Waals surface area contributed by atoms with Gasteiger partial charge in [-0.2, -0.15) is 0 Å². The van der Waals surface area contributed by atoms with Crippen LogP contribution in [0.2, 0.25) is 0 Å². The molecule has 7 heteroatoms. The molecule has 0 amide bonds. The molecular weight excluding hydrogens is 345 g/mol. The van der Waals surface area contributed by atoms with Gasteiger partial charge in [-0.1, -0.05) is 6.07 Å². The number of rotatable bonds is 5. The molecule has 3 aromatic rings. The van der Waals surface area contributed by atoms with Crippen molar-refractivity contribution in [3.05, 3.63) is 42.5 Å². The van der Waals surface area contributed by atoms with Gasteiger partial charge in [-0.05, 0) is 45.4 Å². The highest BCUT2D eigenvalue weighted by molar-refractivity contribution is 5.63. The molecule has 4 heterocycles. The van der Waals surface area contributed by atoms with Gasteiger partial charge >= 0.3 is 0 Å². The van der Waals surface area contributed by atoms with Crippen molar-refractivity contribution in [2.45, 2.75) is 38.8 Å². The molecule has 4 rings (SSSR count). The van der Waals surface area contributed by atoms with Crippen molar-refractivity contribution in [1.29, 1.82) is 0 Å². The molecular formula is C20H24FN5O. The zero-order valence-corrected chi connectivity index (χ0v) is 15.6. The number of hydrogen-bond acceptors (Lipinski definition) is 5. The highest BCUT2D eigenvalue weighted by Crippen LogP contribution is 2.26. The molecule has 6 nitrogen and oxygen atoms in total. The number of nitrogens with zero attached hydrogens (tertiary/aromatic N) is 3. The lowest BCUT2D eigenvalue weighted by Crippen LogP contribution is -2.38. The summed E-state index contributed by atoms with van der Waals surface area (Å²) >= 11 is 0. The number of halogens is 1. The highest BCUT2D eigenvalue weighted by atomic mass is 19.1. The fraction of sp³-hybridized carbons (Fsp3) is 0.400. The summed E-state index contributed by atoms with van der Waals surface area (Å²) in [4.78, 5) is 9.10. The van der Waals surface area contributed by atoms with Crippen molar-refractivity contribution in [3.8, 4) is 17.1 Å². The molecule has 1 unspecified atom stereocenters. The van der Waals surface area contributed by atoms with Gasteiger partial charge in [0.1, 0.15) is 11.5 Å². The van der Waals surface area contributed by atoms with Crippen LogP contribution in [0.5, 0.6) is 5.75 Å². The zero-order valence-electron chi connectivity index (χ0n) is 15.6. The molecule has 1 atom stereocenters. The topological polar surface area (TPSA) is 63.5 Å². The van der Waals surface area contributed by atoms with E-state index in [0.29, 0.717) is 11.7 Å². The maximum Gasteiger partial charge on any atom is 0.181 e. The molecule has 0 aromatic carbocycles. The molecule has 0 spiro atoms. The third kappa shape index (κ3) is 3.88. The minimum Gasteiger partial charge on any atom is -0.488 e. The Kier molecular flexibility index (Phi) is 4.94. The molecule has 0 saturated carbocycles. The molecule has 0 aliphatic carbocycles. The molecule has 3 aromatic heterocycles. The van der Waals surface area contributed by atoms with E-state index in [2.05, 4.69) is 15.6 Å². The summed E-state index contributed by atoms with van der Waals surface area (Å²) in [5, 5.41) is 6.86. The van der Waals surface area contributed by atoms with E-state index in [1.54, 1.807) is 16.7 Å². The molecule has 1 saturated heterocycles. The van der Waals surface area contributed by atoms with Crippen LogP contribution in [0.15, 0.2) is 36.7 Å². The van der Waals surface area contributed by atoms with Gasteiger partial charge in [-0.15, -0.1) is 0 Å². The van der Waals surface area contributed by atoms with Crippen molar-refractivity contribution in [2.24, 2.45) is 0 Å². The van der Waals surface area contributed by atoms with E-state index in [1.165, 1.54) is 6.20 Å². The lowest BCUT2D eigenvalue weighted by atomic mass is 10.1. The summed E-state index contributed by atoms with van der Waals surface area (Å²) in [6.07, 6.45) is 5.29. The summed E-state index contributed by atoms with van der Waals surface area (Å²) in [5.74, 6) is 0.609. The number of piperidine rings is 1. The van der Waals surface area contributed by atoms with Gasteiger partial charge in [0.15, 0.2) is 11.6 Å². The number of fused-ring (bicyclic) bond motifs is 1. The Balaban J connectivity index is 1.64. The largest absolute Gasteiger partial charge is 0.488 e. The quantitative estimate of drug-likeness (QED) is 0.721. The summed E-state index contributed by atoms with van der Waals surface area (Å²) < 4.78 is 21.6. The summed E-state index contributed by atoms with van der Waals surface area (Å²) in [6.45, 7) is 5.74. The lowest BCUT2D eigenvalue weighted by Gasteiger charge is -2.24. The van der Waals surface area contributed by atoms with Gasteiger partial charge in [0.05, 0.1) is 29.9 Å². The maximum atomic E-state index is 14.4. The Morgan fingerprint density at radius 1 is 1.37 bits per heavy atom. The first-order valence-electron chi connectivity index (χ1n) is 9.38. The van der Waals surface area contributed by atoms with Gasteiger partial charge in [0.25, 0.3) is 0 Å². The number of imidazole rings is 1. The van der Waals surface area contributed by atoms with Gasteiger partial charge in [-0.3, -0.25) is 4.40 Å². The highest BCUT2D eigenvalue weighted by Gasteiger charge is 2.15. The van der Waals surface area contributed by atoms with Crippen LogP contribution in [0.25, 0.3) is 17.0 Å². The lowest BCUT2D eigenvalue weighted by molar-refractivity contribution is 0.231. The van der Waals surface area contributed by atoms with Crippen LogP contribution in [0.3, 0.4) is 0 Å². The second-order valence-electron chi connectivity index (χ2n) is 7.12. The van der Waals surface area contributed by atoms with E-state index in [0.717, 1.165) is 43.1 Å². The van der Waals surface area contributed by atoms with Crippen LogP contribution in [0, 0.1) is 5.82 Å². The molecule has 0 radical (unpaired) electrons. The standard InChI is InChI=1S/C20H24FN5O/c1-13(2)27-18-9-20-23-11-17(26(20)12-15(18)21)16-6-3-7-19(25-16)24-14-5-4-8-22-10-14/h3,6-7,9,11-14,22H,4-5,8,10H2,1-2H3,(H,24,25). The zero-order chi connectivity index (χ0) is 18.8. The van der Waals surface area contributed by atoms with E-state index in [9.17, 15) is 4.39 Å². The molecule has 1 fully saturated rings. The predicted molar refractivity (Wildman–Crippen MR) is 104 cm³/mol. The number of hydrogen-bond donors (Lipinski definition) is 2. The third-order valence-electron chi connectivity index (χ3n) is 4.59. The molecule has 142 valence electrons. The smallest absolute Gasteiger partial charge is 0.181 e. The fourth-order valence-electron chi connectivity index (χ4n) is 3.36. The number of anilines is 1. The Morgan fingerprint density at radius 2 is 2.26 bits per heavy atom. The monoisotopic (exact) mass is 369 g/mol. The Morgan fingerprint density at radius 3 is 3.04 bits per heavy atom. The van der Waals surface area contributed by atoms with Crippen molar-refractivity contribution in [3.63, 3.8) is 0 Å². The van der Waals surface area contributed by atoms with Gasteiger partial charge in [0, 0.05) is 18.7 Å². The van der Waals surface area contributed by atoms with Crippen LogP contribution in [-0.2, 0) is 0 Å². The van der Waals surface area contributed by atoms with Crippen LogP contribution in [0.1, 0.15) is 26.7 Å². The van der Waals surface area contributed by atoms with Crippen LogP contribution in [0.4, 0.5) is 10.2 Å². The van der Waals surface area contributed by atoms with Gasteiger partial charge < -0.3 is 15.4 Å². The predicted octanol–water partition coefficient (Wildman–Crippen LogP) is 3.49. The average molecular weight is 369 g/mol. The van der Waals surface area contributed by atoms with E-state index in [-0.39, 0.29) is 11.9 Å². The van der Waals surface area contributed by atoms with E-state index in [4.69, 9.17) is 9.72 Å². The molecule has 2 N–H and O–H groups in total. The molecule has 1 aliphatic heterocycles.